The summed E-state index contributed by atoms with van der Waals surface area (Å²) in [5.74, 6) is 0.973. The third-order valence-corrected chi connectivity index (χ3v) is 3.84. The number of hydrogen-bond acceptors (Lipinski definition) is 5. The molecule has 0 bridgehead atoms. The monoisotopic (exact) mass is 261 g/mol. The Balaban J connectivity index is 1.81. The summed E-state index contributed by atoms with van der Waals surface area (Å²) in [5.41, 5.74) is 2.23. The average Bonchev–Trinajstić information content (AvgIpc) is 2.93. The number of morpholine rings is 1. The second-order valence-electron chi connectivity index (χ2n) is 4.33. The van der Waals surface area contributed by atoms with Crippen molar-refractivity contribution in [1.29, 1.82) is 0 Å². The Bertz CT molecular complexity index is 515. The van der Waals surface area contributed by atoms with E-state index in [4.69, 9.17) is 4.74 Å². The number of anilines is 1. The van der Waals surface area contributed by atoms with Crippen LogP contribution in [0.1, 0.15) is 17.4 Å². The van der Waals surface area contributed by atoms with Crippen molar-refractivity contribution < 1.29 is 4.74 Å². The van der Waals surface area contributed by atoms with Gasteiger partial charge in [0, 0.05) is 25.5 Å². The lowest BCUT2D eigenvalue weighted by molar-refractivity contribution is 0.0397. The molecule has 5 heteroatoms. The summed E-state index contributed by atoms with van der Waals surface area (Å²) in [6.07, 6.45) is 3.62. The van der Waals surface area contributed by atoms with E-state index in [0.29, 0.717) is 0 Å². The van der Waals surface area contributed by atoms with Crippen LogP contribution in [0.25, 0.3) is 0 Å². The molecular formula is C13H15N3OS. The topological polar surface area (TPSA) is 38.2 Å². The van der Waals surface area contributed by atoms with Crippen LogP contribution in [0, 0.1) is 6.92 Å². The summed E-state index contributed by atoms with van der Waals surface area (Å²) in [6, 6.07) is 2.13. The molecule has 0 amide bonds. The average molecular weight is 261 g/mol. The fraction of sp³-hybridized carbons (Fsp3) is 0.385. The molecule has 0 N–H and O–H groups in total. The van der Waals surface area contributed by atoms with Gasteiger partial charge in [0.1, 0.15) is 11.9 Å². The number of nitrogens with zero attached hydrogens (tertiary/aromatic N) is 3. The van der Waals surface area contributed by atoms with Crippen molar-refractivity contribution in [2.45, 2.75) is 13.0 Å². The zero-order chi connectivity index (χ0) is 12.4. The van der Waals surface area contributed by atoms with Crippen LogP contribution in [0.3, 0.4) is 0 Å². The lowest BCUT2D eigenvalue weighted by Gasteiger charge is -2.33. The Morgan fingerprint density at radius 2 is 2.28 bits per heavy atom. The second-order valence-corrected chi connectivity index (χ2v) is 5.11. The molecule has 0 saturated carbocycles. The standard InChI is InChI=1S/C13H15N3OS/c1-10-13(15-4-3-14-10)16-5-6-17-12(8-16)11-2-7-18-9-11/h2-4,7,9,12H,5-6,8H2,1H3/t12-/m0/s1. The van der Waals surface area contributed by atoms with Gasteiger partial charge in [0.25, 0.3) is 0 Å². The van der Waals surface area contributed by atoms with Crippen LogP contribution in [-0.4, -0.2) is 29.7 Å². The van der Waals surface area contributed by atoms with Crippen LogP contribution in [0.2, 0.25) is 0 Å². The lowest BCUT2D eigenvalue weighted by atomic mass is 10.1. The summed E-state index contributed by atoms with van der Waals surface area (Å²) in [5, 5.41) is 4.24. The summed E-state index contributed by atoms with van der Waals surface area (Å²) >= 11 is 1.71. The first-order valence-electron chi connectivity index (χ1n) is 6.01. The van der Waals surface area contributed by atoms with Crippen LogP contribution in [0.5, 0.6) is 0 Å². The van der Waals surface area contributed by atoms with Gasteiger partial charge in [-0.2, -0.15) is 11.3 Å². The van der Waals surface area contributed by atoms with Crippen molar-refractivity contribution in [2.75, 3.05) is 24.6 Å². The van der Waals surface area contributed by atoms with Crippen molar-refractivity contribution in [3.63, 3.8) is 0 Å². The highest BCUT2D eigenvalue weighted by molar-refractivity contribution is 7.07. The number of thiophene rings is 1. The Morgan fingerprint density at radius 3 is 3.06 bits per heavy atom. The molecule has 2 aromatic rings. The van der Waals surface area contributed by atoms with Gasteiger partial charge in [-0.15, -0.1) is 0 Å². The molecule has 3 heterocycles. The maximum absolute atomic E-state index is 5.83. The molecule has 1 atom stereocenters. The number of ether oxygens (including phenoxy) is 1. The number of aryl methyl sites for hydroxylation is 1. The molecule has 1 aliphatic heterocycles. The molecule has 1 saturated heterocycles. The predicted molar refractivity (Wildman–Crippen MR) is 72.0 cm³/mol. The van der Waals surface area contributed by atoms with Crippen molar-refractivity contribution in [1.82, 2.24) is 9.97 Å². The van der Waals surface area contributed by atoms with E-state index in [-0.39, 0.29) is 6.10 Å². The van der Waals surface area contributed by atoms with Crippen LogP contribution < -0.4 is 4.90 Å². The Labute approximate surface area is 110 Å². The summed E-state index contributed by atoms with van der Waals surface area (Å²) in [6.45, 7) is 4.45. The molecule has 0 spiro atoms. The van der Waals surface area contributed by atoms with Gasteiger partial charge < -0.3 is 9.64 Å². The normalized spacial score (nSPS) is 20.1. The molecule has 0 aliphatic carbocycles. The van der Waals surface area contributed by atoms with E-state index in [9.17, 15) is 0 Å². The molecule has 0 unspecified atom stereocenters. The van der Waals surface area contributed by atoms with Crippen LogP contribution in [0.15, 0.2) is 29.2 Å². The highest BCUT2D eigenvalue weighted by atomic mass is 32.1. The molecule has 94 valence electrons. The highest BCUT2D eigenvalue weighted by Gasteiger charge is 2.24. The number of rotatable bonds is 2. The molecule has 1 aliphatic rings. The van der Waals surface area contributed by atoms with Gasteiger partial charge in [0.15, 0.2) is 0 Å². The van der Waals surface area contributed by atoms with E-state index in [2.05, 4.69) is 31.7 Å². The zero-order valence-corrected chi connectivity index (χ0v) is 11.1. The van der Waals surface area contributed by atoms with Gasteiger partial charge in [-0.05, 0) is 29.3 Å². The molecular weight excluding hydrogens is 246 g/mol. The quantitative estimate of drug-likeness (QED) is 0.832. The first kappa shape index (κ1) is 11.6. The third kappa shape index (κ3) is 2.23. The number of hydrogen-bond donors (Lipinski definition) is 0. The fourth-order valence-corrected chi connectivity index (χ4v) is 2.91. The fourth-order valence-electron chi connectivity index (χ4n) is 2.21. The predicted octanol–water partition coefficient (Wildman–Crippen LogP) is 2.42. The minimum atomic E-state index is 0.145. The largest absolute Gasteiger partial charge is 0.370 e. The van der Waals surface area contributed by atoms with Gasteiger partial charge in [0.05, 0.1) is 12.3 Å². The molecule has 1 fully saturated rings. The lowest BCUT2D eigenvalue weighted by Crippen LogP contribution is -2.39. The number of aromatic nitrogens is 2. The molecule has 0 radical (unpaired) electrons. The van der Waals surface area contributed by atoms with Gasteiger partial charge in [-0.3, -0.25) is 4.98 Å². The van der Waals surface area contributed by atoms with Crippen molar-refractivity contribution in [3.05, 3.63) is 40.5 Å². The maximum Gasteiger partial charge on any atom is 0.150 e. The van der Waals surface area contributed by atoms with Gasteiger partial charge >= 0.3 is 0 Å². The van der Waals surface area contributed by atoms with Crippen LogP contribution in [0.4, 0.5) is 5.82 Å². The van der Waals surface area contributed by atoms with Gasteiger partial charge in [-0.25, -0.2) is 4.98 Å². The zero-order valence-electron chi connectivity index (χ0n) is 10.2. The summed E-state index contributed by atoms with van der Waals surface area (Å²) in [4.78, 5) is 11.0. The third-order valence-electron chi connectivity index (χ3n) is 3.14. The van der Waals surface area contributed by atoms with Crippen molar-refractivity contribution in [3.8, 4) is 0 Å². The van der Waals surface area contributed by atoms with E-state index in [0.717, 1.165) is 31.2 Å². The van der Waals surface area contributed by atoms with E-state index in [1.54, 1.807) is 23.7 Å². The molecule has 4 nitrogen and oxygen atoms in total. The van der Waals surface area contributed by atoms with Gasteiger partial charge in [0.2, 0.25) is 0 Å². The van der Waals surface area contributed by atoms with E-state index in [1.807, 2.05) is 6.92 Å². The maximum atomic E-state index is 5.83. The smallest absolute Gasteiger partial charge is 0.150 e. The van der Waals surface area contributed by atoms with E-state index in [1.165, 1.54) is 5.56 Å². The summed E-state index contributed by atoms with van der Waals surface area (Å²) < 4.78 is 5.83. The van der Waals surface area contributed by atoms with E-state index < -0.39 is 0 Å². The van der Waals surface area contributed by atoms with Crippen molar-refractivity contribution in [2.24, 2.45) is 0 Å². The second kappa shape index (κ2) is 5.04. The van der Waals surface area contributed by atoms with Crippen LogP contribution >= 0.6 is 11.3 Å². The van der Waals surface area contributed by atoms with Gasteiger partial charge in [-0.1, -0.05) is 0 Å². The van der Waals surface area contributed by atoms with Crippen molar-refractivity contribution >= 4 is 17.2 Å². The SMILES string of the molecule is Cc1nccnc1N1CCO[C@H](c2ccsc2)C1. The highest BCUT2D eigenvalue weighted by Crippen LogP contribution is 2.27. The minimum Gasteiger partial charge on any atom is -0.370 e. The molecule has 2 aromatic heterocycles. The van der Waals surface area contributed by atoms with E-state index >= 15 is 0 Å². The first-order valence-corrected chi connectivity index (χ1v) is 6.95. The Morgan fingerprint density at radius 1 is 1.39 bits per heavy atom. The molecule has 3 rings (SSSR count). The molecule has 18 heavy (non-hydrogen) atoms. The Kier molecular flexibility index (Phi) is 3.25. The first-order chi connectivity index (χ1) is 8.84. The summed E-state index contributed by atoms with van der Waals surface area (Å²) in [7, 11) is 0. The Hall–Kier alpha value is -1.46. The molecule has 0 aromatic carbocycles. The van der Waals surface area contributed by atoms with Crippen LogP contribution in [-0.2, 0) is 4.74 Å². The minimum absolute atomic E-state index is 0.145.